The Kier molecular flexibility index (Phi) is 3.18. The van der Waals surface area contributed by atoms with E-state index in [1.165, 1.54) is 0 Å². The minimum Gasteiger partial charge on any atom is -0.378 e. The molecular formula is C11H11BrN2O. The molecule has 2 aromatic heterocycles. The number of nitrogens with one attached hydrogen (secondary N) is 1. The Bertz CT molecular complexity index is 436. The average Bonchev–Trinajstić information content (AvgIpc) is 2.68. The lowest BCUT2D eigenvalue weighted by Gasteiger charge is -1.96. The molecule has 2 heterocycles. The van der Waals surface area contributed by atoms with Gasteiger partial charge in [-0.3, -0.25) is 4.98 Å². The van der Waals surface area contributed by atoms with Crippen molar-refractivity contribution in [3.05, 3.63) is 40.8 Å². The molecule has 78 valence electrons. The molecule has 0 aliphatic carbocycles. The van der Waals surface area contributed by atoms with Crippen LogP contribution in [0, 0.1) is 0 Å². The Balaban J connectivity index is 2.25. The summed E-state index contributed by atoms with van der Waals surface area (Å²) in [4.78, 5) is 7.46. The van der Waals surface area contributed by atoms with Crippen LogP contribution in [0.4, 0.5) is 0 Å². The van der Waals surface area contributed by atoms with E-state index in [4.69, 9.17) is 4.74 Å². The summed E-state index contributed by atoms with van der Waals surface area (Å²) in [7, 11) is 1.68. The highest BCUT2D eigenvalue weighted by atomic mass is 79.9. The highest BCUT2D eigenvalue weighted by Crippen LogP contribution is 2.19. The van der Waals surface area contributed by atoms with E-state index in [9.17, 15) is 0 Å². The molecule has 0 radical (unpaired) electrons. The summed E-state index contributed by atoms with van der Waals surface area (Å²) in [6.07, 6.45) is 3.73. The first-order chi connectivity index (χ1) is 7.29. The number of hydrogen-bond acceptors (Lipinski definition) is 2. The second-order valence-corrected chi connectivity index (χ2v) is 4.12. The lowest BCUT2D eigenvalue weighted by molar-refractivity contribution is 0.182. The Labute approximate surface area is 96.6 Å². The third kappa shape index (κ3) is 2.46. The van der Waals surface area contributed by atoms with E-state index in [1.54, 1.807) is 13.3 Å². The van der Waals surface area contributed by atoms with Gasteiger partial charge in [0.2, 0.25) is 0 Å². The van der Waals surface area contributed by atoms with E-state index in [0.717, 1.165) is 21.4 Å². The van der Waals surface area contributed by atoms with E-state index >= 15 is 0 Å². The number of pyridine rings is 1. The highest BCUT2D eigenvalue weighted by molar-refractivity contribution is 9.10. The molecule has 0 aliphatic heterocycles. The van der Waals surface area contributed by atoms with Gasteiger partial charge in [0, 0.05) is 35.2 Å². The van der Waals surface area contributed by atoms with Gasteiger partial charge in [-0.2, -0.15) is 0 Å². The monoisotopic (exact) mass is 266 g/mol. The third-order valence-electron chi connectivity index (χ3n) is 2.07. The van der Waals surface area contributed by atoms with Crippen LogP contribution >= 0.6 is 15.9 Å². The number of nitrogens with zero attached hydrogens (tertiary/aromatic N) is 1. The van der Waals surface area contributed by atoms with Gasteiger partial charge in [0.25, 0.3) is 0 Å². The normalized spacial score (nSPS) is 10.5. The van der Waals surface area contributed by atoms with Crippen LogP contribution in [0.15, 0.2) is 35.1 Å². The Morgan fingerprint density at radius 3 is 3.00 bits per heavy atom. The maximum atomic E-state index is 5.04. The number of aromatic amines is 1. The number of H-pyrrole nitrogens is 1. The van der Waals surface area contributed by atoms with Crippen molar-refractivity contribution < 1.29 is 4.74 Å². The fourth-order valence-corrected chi connectivity index (χ4v) is 1.61. The minimum absolute atomic E-state index is 0.594. The summed E-state index contributed by atoms with van der Waals surface area (Å²) >= 11 is 3.36. The number of hydrogen-bond donors (Lipinski definition) is 1. The van der Waals surface area contributed by atoms with Gasteiger partial charge in [-0.05, 0) is 34.1 Å². The number of ether oxygens (including phenoxy) is 1. The van der Waals surface area contributed by atoms with Crippen molar-refractivity contribution in [2.24, 2.45) is 0 Å². The van der Waals surface area contributed by atoms with Crippen molar-refractivity contribution in [3.63, 3.8) is 0 Å². The van der Waals surface area contributed by atoms with E-state index in [0.29, 0.717) is 6.61 Å². The minimum atomic E-state index is 0.594. The first kappa shape index (κ1) is 10.4. The predicted molar refractivity (Wildman–Crippen MR) is 62.4 cm³/mol. The van der Waals surface area contributed by atoms with Gasteiger partial charge in [-0.1, -0.05) is 0 Å². The molecule has 0 spiro atoms. The summed E-state index contributed by atoms with van der Waals surface area (Å²) in [6.45, 7) is 0.594. The average molecular weight is 267 g/mol. The Morgan fingerprint density at radius 1 is 1.47 bits per heavy atom. The lowest BCUT2D eigenvalue weighted by Crippen LogP contribution is -1.85. The van der Waals surface area contributed by atoms with Crippen LogP contribution in [0.2, 0.25) is 0 Å². The van der Waals surface area contributed by atoms with Crippen LogP contribution < -0.4 is 0 Å². The fourth-order valence-electron chi connectivity index (χ4n) is 1.37. The summed E-state index contributed by atoms with van der Waals surface area (Å²) in [5.41, 5.74) is 3.09. The van der Waals surface area contributed by atoms with E-state index < -0.39 is 0 Å². The number of aromatic nitrogens is 2. The van der Waals surface area contributed by atoms with Crippen molar-refractivity contribution in [2.75, 3.05) is 7.11 Å². The molecule has 15 heavy (non-hydrogen) atoms. The first-order valence-corrected chi connectivity index (χ1v) is 5.37. The number of halogens is 1. The molecule has 0 aromatic carbocycles. The standard InChI is InChI=1S/C11H11BrN2O/c1-15-7-10-4-8(5-13-10)11-3-2-9(12)6-14-11/h2-6,13H,7H2,1H3. The smallest absolute Gasteiger partial charge is 0.0862 e. The van der Waals surface area contributed by atoms with Crippen LogP contribution in [0.5, 0.6) is 0 Å². The molecular weight excluding hydrogens is 256 g/mol. The Hall–Kier alpha value is -1.13. The van der Waals surface area contributed by atoms with Crippen molar-refractivity contribution in [1.82, 2.24) is 9.97 Å². The second kappa shape index (κ2) is 4.59. The third-order valence-corrected chi connectivity index (χ3v) is 2.53. The maximum absolute atomic E-state index is 5.04. The van der Waals surface area contributed by atoms with Gasteiger partial charge >= 0.3 is 0 Å². The lowest BCUT2D eigenvalue weighted by atomic mass is 10.2. The number of methoxy groups -OCH3 is 1. The van der Waals surface area contributed by atoms with E-state index in [2.05, 4.69) is 25.9 Å². The van der Waals surface area contributed by atoms with Gasteiger partial charge in [-0.25, -0.2) is 0 Å². The molecule has 0 amide bonds. The topological polar surface area (TPSA) is 37.9 Å². The summed E-state index contributed by atoms with van der Waals surface area (Å²) in [5.74, 6) is 0. The quantitative estimate of drug-likeness (QED) is 0.928. The van der Waals surface area contributed by atoms with Crippen molar-refractivity contribution in [2.45, 2.75) is 6.61 Å². The molecule has 0 unspecified atom stereocenters. The maximum Gasteiger partial charge on any atom is 0.0862 e. The van der Waals surface area contributed by atoms with Crippen molar-refractivity contribution in [3.8, 4) is 11.3 Å². The molecule has 0 atom stereocenters. The molecule has 0 fully saturated rings. The Morgan fingerprint density at radius 2 is 2.33 bits per heavy atom. The van der Waals surface area contributed by atoms with Gasteiger partial charge < -0.3 is 9.72 Å². The zero-order chi connectivity index (χ0) is 10.7. The SMILES string of the molecule is COCc1cc(-c2ccc(Br)cn2)c[nH]1. The van der Waals surface area contributed by atoms with Crippen molar-refractivity contribution in [1.29, 1.82) is 0 Å². The number of rotatable bonds is 3. The molecule has 0 aliphatic rings. The zero-order valence-corrected chi connectivity index (χ0v) is 9.91. The van der Waals surface area contributed by atoms with E-state index in [-0.39, 0.29) is 0 Å². The van der Waals surface area contributed by atoms with Crippen LogP contribution in [-0.2, 0) is 11.3 Å². The van der Waals surface area contributed by atoms with Crippen LogP contribution in [0.3, 0.4) is 0 Å². The fraction of sp³-hybridized carbons (Fsp3) is 0.182. The molecule has 1 N–H and O–H groups in total. The van der Waals surface area contributed by atoms with Crippen LogP contribution in [0.1, 0.15) is 5.69 Å². The van der Waals surface area contributed by atoms with Gasteiger partial charge in [0.05, 0.1) is 12.3 Å². The molecule has 2 aromatic rings. The van der Waals surface area contributed by atoms with Gasteiger partial charge in [0.1, 0.15) is 0 Å². The predicted octanol–water partition coefficient (Wildman–Crippen LogP) is 2.99. The summed E-state index contributed by atoms with van der Waals surface area (Å²) < 4.78 is 6.02. The van der Waals surface area contributed by atoms with E-state index in [1.807, 2.05) is 24.4 Å². The highest BCUT2D eigenvalue weighted by Gasteiger charge is 2.02. The molecule has 3 nitrogen and oxygen atoms in total. The largest absolute Gasteiger partial charge is 0.378 e. The molecule has 2 rings (SSSR count). The molecule has 0 bridgehead atoms. The first-order valence-electron chi connectivity index (χ1n) is 4.58. The molecule has 4 heteroatoms. The van der Waals surface area contributed by atoms with Crippen molar-refractivity contribution >= 4 is 15.9 Å². The van der Waals surface area contributed by atoms with Gasteiger partial charge in [-0.15, -0.1) is 0 Å². The molecule has 0 saturated heterocycles. The van der Waals surface area contributed by atoms with Gasteiger partial charge in [0.15, 0.2) is 0 Å². The summed E-state index contributed by atoms with van der Waals surface area (Å²) in [6, 6.07) is 5.99. The zero-order valence-electron chi connectivity index (χ0n) is 8.33. The van der Waals surface area contributed by atoms with Crippen LogP contribution in [-0.4, -0.2) is 17.1 Å². The second-order valence-electron chi connectivity index (χ2n) is 3.21. The molecule has 0 saturated carbocycles. The summed E-state index contributed by atoms with van der Waals surface area (Å²) in [5, 5.41) is 0. The van der Waals surface area contributed by atoms with Crippen LogP contribution in [0.25, 0.3) is 11.3 Å².